The van der Waals surface area contributed by atoms with Crippen LogP contribution in [0, 0.1) is 5.41 Å². The van der Waals surface area contributed by atoms with Gasteiger partial charge in [0.05, 0.1) is 8.67 Å². The fourth-order valence-corrected chi connectivity index (χ4v) is 4.80. The van der Waals surface area contributed by atoms with E-state index >= 15 is 0 Å². The maximum atomic E-state index is 6.31. The van der Waals surface area contributed by atoms with E-state index in [4.69, 9.17) is 23.2 Å². The monoisotopic (exact) mass is 291 g/mol. The number of nitrogens with one attached hydrogen (secondary N) is 1. The smallest absolute Gasteiger partial charge is 0.0992 e. The average molecular weight is 292 g/mol. The summed E-state index contributed by atoms with van der Waals surface area (Å²) < 4.78 is 1.63. The van der Waals surface area contributed by atoms with Gasteiger partial charge in [-0.25, -0.2) is 0 Å². The molecule has 1 aromatic heterocycles. The molecule has 0 saturated heterocycles. The van der Waals surface area contributed by atoms with Crippen LogP contribution < -0.4 is 5.32 Å². The zero-order valence-electron chi connectivity index (χ0n) is 10.4. The Morgan fingerprint density at radius 1 is 1.41 bits per heavy atom. The van der Waals surface area contributed by atoms with Crippen LogP contribution in [-0.2, 0) is 0 Å². The molecule has 1 atom stereocenters. The van der Waals surface area contributed by atoms with Gasteiger partial charge in [0.25, 0.3) is 0 Å². The molecule has 0 radical (unpaired) electrons. The third-order valence-electron chi connectivity index (χ3n) is 4.20. The van der Waals surface area contributed by atoms with E-state index in [0.29, 0.717) is 11.5 Å². The fourth-order valence-electron chi connectivity index (χ4n) is 3.27. The van der Waals surface area contributed by atoms with Gasteiger partial charge in [0.15, 0.2) is 0 Å². The zero-order chi connectivity index (χ0) is 12.5. The van der Waals surface area contributed by atoms with Crippen LogP contribution in [0.1, 0.15) is 50.6 Å². The van der Waals surface area contributed by atoms with Crippen LogP contribution in [0.3, 0.4) is 0 Å². The van der Waals surface area contributed by atoms with Crippen LogP contribution in [0.15, 0.2) is 6.07 Å². The van der Waals surface area contributed by atoms with Crippen molar-refractivity contribution in [2.75, 3.05) is 7.05 Å². The highest BCUT2D eigenvalue weighted by atomic mass is 35.5. The Hall–Kier alpha value is 0.240. The van der Waals surface area contributed by atoms with Gasteiger partial charge in [-0.15, -0.1) is 11.3 Å². The summed E-state index contributed by atoms with van der Waals surface area (Å²) in [6, 6.07) is 2.37. The van der Waals surface area contributed by atoms with Gasteiger partial charge in [-0.05, 0) is 37.8 Å². The number of halogens is 2. The van der Waals surface area contributed by atoms with Crippen molar-refractivity contribution in [3.63, 3.8) is 0 Å². The Bertz CT molecular complexity index is 383. The first-order valence-electron chi connectivity index (χ1n) is 6.25. The second-order valence-corrected chi connectivity index (χ2v) is 7.21. The third-order valence-corrected chi connectivity index (χ3v) is 5.72. The van der Waals surface area contributed by atoms with Crippen molar-refractivity contribution in [3.05, 3.63) is 20.3 Å². The number of hydrogen-bond donors (Lipinski definition) is 1. The minimum atomic E-state index is 0.339. The van der Waals surface area contributed by atoms with Crippen molar-refractivity contribution in [3.8, 4) is 0 Å². The first kappa shape index (κ1) is 13.7. The summed E-state index contributed by atoms with van der Waals surface area (Å²) in [5.74, 6) is 0. The molecule has 2 rings (SSSR count). The summed E-state index contributed by atoms with van der Waals surface area (Å²) in [6.45, 7) is 2.29. The first-order chi connectivity index (χ1) is 8.13. The molecule has 1 aliphatic rings. The normalized spacial score (nSPS) is 20.7. The van der Waals surface area contributed by atoms with Crippen molar-refractivity contribution >= 4 is 34.5 Å². The Morgan fingerprint density at radius 2 is 2.06 bits per heavy atom. The highest BCUT2D eigenvalue weighted by Gasteiger charge is 2.41. The summed E-state index contributed by atoms with van der Waals surface area (Å²) in [5.41, 5.74) is 1.55. The van der Waals surface area contributed by atoms with Gasteiger partial charge in [0, 0.05) is 11.6 Å². The van der Waals surface area contributed by atoms with Gasteiger partial charge in [-0.2, -0.15) is 0 Å². The van der Waals surface area contributed by atoms with E-state index in [1.807, 2.05) is 13.1 Å². The highest BCUT2D eigenvalue weighted by Crippen LogP contribution is 2.52. The predicted octanol–water partition coefficient (Wildman–Crippen LogP) is 5.29. The Morgan fingerprint density at radius 3 is 2.47 bits per heavy atom. The molecule has 4 heteroatoms. The molecule has 0 bridgehead atoms. The second-order valence-electron chi connectivity index (χ2n) is 4.92. The largest absolute Gasteiger partial charge is 0.312 e. The molecule has 1 aromatic rings. The van der Waals surface area contributed by atoms with E-state index in [2.05, 4.69) is 12.2 Å². The standard InChI is InChI=1S/C13H19Cl2NS/c1-3-13(6-4-5-7-13)11(16-2)9-8-10(14)17-12(9)15/h8,11,16H,3-7H2,1-2H3. The van der Waals surface area contributed by atoms with E-state index < -0.39 is 0 Å². The Labute approximate surface area is 118 Å². The van der Waals surface area contributed by atoms with Crippen LogP contribution >= 0.6 is 34.5 Å². The summed E-state index contributed by atoms with van der Waals surface area (Å²) in [6.07, 6.45) is 6.45. The summed E-state index contributed by atoms with van der Waals surface area (Å²) in [7, 11) is 2.03. The highest BCUT2D eigenvalue weighted by molar-refractivity contribution is 7.20. The van der Waals surface area contributed by atoms with Crippen molar-refractivity contribution in [2.24, 2.45) is 5.41 Å². The van der Waals surface area contributed by atoms with Gasteiger partial charge in [-0.3, -0.25) is 0 Å². The number of hydrogen-bond acceptors (Lipinski definition) is 2. The lowest BCUT2D eigenvalue weighted by Crippen LogP contribution is -2.34. The maximum absolute atomic E-state index is 6.31. The van der Waals surface area contributed by atoms with Gasteiger partial charge >= 0.3 is 0 Å². The van der Waals surface area contributed by atoms with Crippen LogP contribution in [0.5, 0.6) is 0 Å². The van der Waals surface area contributed by atoms with Crippen LogP contribution in [0.4, 0.5) is 0 Å². The zero-order valence-corrected chi connectivity index (χ0v) is 12.7. The summed E-state index contributed by atoms with van der Waals surface area (Å²) in [5, 5.41) is 3.47. The molecule has 0 aliphatic heterocycles. The maximum Gasteiger partial charge on any atom is 0.0992 e. The molecule has 1 nitrogen and oxygen atoms in total. The molecule has 1 fully saturated rings. The molecular weight excluding hydrogens is 273 g/mol. The van der Waals surface area contributed by atoms with Crippen LogP contribution in [-0.4, -0.2) is 7.05 Å². The molecule has 0 aromatic carbocycles. The summed E-state index contributed by atoms with van der Waals surface area (Å²) in [4.78, 5) is 0. The molecule has 96 valence electrons. The predicted molar refractivity (Wildman–Crippen MR) is 77.3 cm³/mol. The molecule has 1 heterocycles. The number of thiophene rings is 1. The third kappa shape index (κ3) is 2.51. The molecular formula is C13H19Cl2NS. The molecule has 1 saturated carbocycles. The lowest BCUT2D eigenvalue weighted by molar-refractivity contribution is 0.196. The topological polar surface area (TPSA) is 12.0 Å². The molecule has 1 aliphatic carbocycles. The van der Waals surface area contributed by atoms with Crippen LogP contribution in [0.25, 0.3) is 0 Å². The van der Waals surface area contributed by atoms with Gasteiger partial charge in [-0.1, -0.05) is 43.0 Å². The van der Waals surface area contributed by atoms with Crippen LogP contribution in [0.2, 0.25) is 8.67 Å². The van der Waals surface area contributed by atoms with E-state index in [0.717, 1.165) is 8.67 Å². The second kappa shape index (κ2) is 5.48. The van der Waals surface area contributed by atoms with Crippen molar-refractivity contribution in [2.45, 2.75) is 45.1 Å². The van der Waals surface area contributed by atoms with E-state index in [1.165, 1.54) is 49.0 Å². The summed E-state index contributed by atoms with van der Waals surface area (Å²) >= 11 is 13.9. The molecule has 17 heavy (non-hydrogen) atoms. The van der Waals surface area contributed by atoms with E-state index in [9.17, 15) is 0 Å². The molecule has 1 N–H and O–H groups in total. The molecule has 0 spiro atoms. The quantitative estimate of drug-likeness (QED) is 0.795. The lowest BCUT2D eigenvalue weighted by Gasteiger charge is -2.37. The Kier molecular flexibility index (Phi) is 4.40. The minimum absolute atomic E-state index is 0.339. The Balaban J connectivity index is 2.35. The van der Waals surface area contributed by atoms with E-state index in [1.54, 1.807) is 0 Å². The minimum Gasteiger partial charge on any atom is -0.312 e. The van der Waals surface area contributed by atoms with Gasteiger partial charge < -0.3 is 5.32 Å². The SMILES string of the molecule is CCC1(C(NC)c2cc(Cl)sc2Cl)CCCC1. The lowest BCUT2D eigenvalue weighted by atomic mass is 9.74. The van der Waals surface area contributed by atoms with Gasteiger partial charge in [0.1, 0.15) is 0 Å². The number of rotatable bonds is 4. The van der Waals surface area contributed by atoms with Gasteiger partial charge in [0.2, 0.25) is 0 Å². The van der Waals surface area contributed by atoms with E-state index in [-0.39, 0.29) is 0 Å². The van der Waals surface area contributed by atoms with Crippen molar-refractivity contribution < 1.29 is 0 Å². The average Bonchev–Trinajstić information content (AvgIpc) is 2.89. The molecule has 0 amide bonds. The van der Waals surface area contributed by atoms with Crippen molar-refractivity contribution in [1.29, 1.82) is 0 Å². The molecule has 1 unspecified atom stereocenters. The van der Waals surface area contributed by atoms with Crippen molar-refractivity contribution in [1.82, 2.24) is 5.32 Å². The first-order valence-corrected chi connectivity index (χ1v) is 7.82. The fraction of sp³-hybridized carbons (Fsp3) is 0.692.